The predicted molar refractivity (Wildman–Crippen MR) is 128 cm³/mol. The summed E-state index contributed by atoms with van der Waals surface area (Å²) in [4.78, 5) is 14.4. The van der Waals surface area contributed by atoms with Crippen molar-refractivity contribution in [2.24, 2.45) is 4.99 Å². The van der Waals surface area contributed by atoms with Crippen molar-refractivity contribution in [2.75, 3.05) is 19.6 Å². The second-order valence-electron chi connectivity index (χ2n) is 5.87. The number of nitrogens with zero attached hydrogens (tertiary/aromatic N) is 2. The van der Waals surface area contributed by atoms with Gasteiger partial charge in [0.1, 0.15) is 0 Å². The van der Waals surface area contributed by atoms with E-state index in [0.29, 0.717) is 24.1 Å². The fourth-order valence-corrected chi connectivity index (χ4v) is 3.61. The Morgan fingerprint density at radius 2 is 1.87 bits per heavy atom. The molecular formula is C18H23ClIN5O4S. The Morgan fingerprint density at radius 3 is 2.53 bits per heavy atom. The molecule has 0 aliphatic carbocycles. The molecule has 0 radical (unpaired) electrons. The van der Waals surface area contributed by atoms with Crippen molar-refractivity contribution in [3.63, 3.8) is 0 Å². The molecule has 2 aromatic rings. The number of nitrogens with one attached hydrogen (secondary N) is 3. The molecule has 0 atom stereocenters. The fraction of sp³-hybridized carbons (Fsp3) is 0.278. The van der Waals surface area contributed by atoms with Crippen molar-refractivity contribution in [3.8, 4) is 0 Å². The highest BCUT2D eigenvalue weighted by atomic mass is 127. The average molecular weight is 568 g/mol. The number of sulfonamides is 1. The molecule has 0 heterocycles. The van der Waals surface area contributed by atoms with Crippen molar-refractivity contribution in [2.45, 2.75) is 18.4 Å². The molecule has 2 rings (SSSR count). The molecule has 2 aromatic carbocycles. The van der Waals surface area contributed by atoms with Gasteiger partial charge in [-0.25, -0.2) is 18.1 Å². The molecule has 0 unspecified atom stereocenters. The highest BCUT2D eigenvalue weighted by Gasteiger charge is 2.17. The number of benzene rings is 2. The molecule has 0 amide bonds. The van der Waals surface area contributed by atoms with Gasteiger partial charge < -0.3 is 10.6 Å². The van der Waals surface area contributed by atoms with Crippen molar-refractivity contribution in [1.82, 2.24) is 15.4 Å². The summed E-state index contributed by atoms with van der Waals surface area (Å²) in [7, 11) is -3.86. The van der Waals surface area contributed by atoms with Gasteiger partial charge >= 0.3 is 0 Å². The lowest BCUT2D eigenvalue weighted by Gasteiger charge is -2.12. The third kappa shape index (κ3) is 8.05. The van der Waals surface area contributed by atoms with Gasteiger partial charge in [0.15, 0.2) is 5.96 Å². The molecule has 0 spiro atoms. The van der Waals surface area contributed by atoms with Crippen LogP contribution in [0.5, 0.6) is 0 Å². The Balaban J connectivity index is 0.00000450. The maximum Gasteiger partial charge on any atom is 0.270 e. The summed E-state index contributed by atoms with van der Waals surface area (Å²) in [5.74, 6) is 0.516. The maximum atomic E-state index is 12.3. The van der Waals surface area contributed by atoms with Crippen molar-refractivity contribution in [3.05, 3.63) is 69.2 Å². The van der Waals surface area contributed by atoms with Crippen LogP contribution in [0.25, 0.3) is 0 Å². The first-order valence-corrected chi connectivity index (χ1v) is 10.7. The van der Waals surface area contributed by atoms with Gasteiger partial charge in [-0.3, -0.25) is 10.1 Å². The molecule has 0 aliphatic heterocycles. The van der Waals surface area contributed by atoms with E-state index in [2.05, 4.69) is 20.3 Å². The highest BCUT2D eigenvalue weighted by molar-refractivity contribution is 14.0. The molecule has 0 saturated carbocycles. The number of non-ortho nitro benzene ring substituents is 1. The lowest BCUT2D eigenvalue weighted by Crippen LogP contribution is -2.41. The molecule has 0 aromatic heterocycles. The van der Waals surface area contributed by atoms with Crippen LogP contribution in [0, 0.1) is 10.1 Å². The lowest BCUT2D eigenvalue weighted by molar-refractivity contribution is -0.385. The van der Waals surface area contributed by atoms with Gasteiger partial charge in [0.2, 0.25) is 10.0 Å². The van der Waals surface area contributed by atoms with E-state index in [0.717, 1.165) is 11.6 Å². The van der Waals surface area contributed by atoms with Gasteiger partial charge in [-0.15, -0.1) is 24.0 Å². The van der Waals surface area contributed by atoms with E-state index in [1.807, 2.05) is 25.1 Å². The summed E-state index contributed by atoms with van der Waals surface area (Å²) >= 11 is 6.12. The van der Waals surface area contributed by atoms with Crippen LogP contribution in [-0.4, -0.2) is 38.9 Å². The second kappa shape index (κ2) is 12.7. The van der Waals surface area contributed by atoms with Crippen LogP contribution in [0.3, 0.4) is 0 Å². The van der Waals surface area contributed by atoms with E-state index in [4.69, 9.17) is 11.6 Å². The molecule has 164 valence electrons. The average Bonchev–Trinajstić information content (AvgIpc) is 2.70. The van der Waals surface area contributed by atoms with E-state index in [-0.39, 0.29) is 47.6 Å². The van der Waals surface area contributed by atoms with Gasteiger partial charge in [0, 0.05) is 36.8 Å². The molecule has 0 aliphatic rings. The van der Waals surface area contributed by atoms with E-state index in [9.17, 15) is 18.5 Å². The summed E-state index contributed by atoms with van der Waals surface area (Å²) in [6.45, 7) is 3.25. The number of rotatable bonds is 9. The monoisotopic (exact) mass is 567 g/mol. The standard InChI is InChI=1S/C18H22ClN5O4S.HI/c1-2-20-18(22-13-14-6-3-4-9-17(14)19)21-10-11-23-29(27,28)16-8-5-7-15(12-16)24(25)26;/h3-9,12,23H,2,10-11,13H2,1H3,(H2,20,21,22);1H. The summed E-state index contributed by atoms with van der Waals surface area (Å²) < 4.78 is 27.0. The topological polar surface area (TPSA) is 126 Å². The normalized spacial score (nSPS) is 11.5. The molecule has 30 heavy (non-hydrogen) atoms. The van der Waals surface area contributed by atoms with Gasteiger partial charge in [-0.2, -0.15) is 0 Å². The minimum atomic E-state index is -3.86. The fourth-order valence-electron chi connectivity index (χ4n) is 2.35. The van der Waals surface area contributed by atoms with E-state index in [1.54, 1.807) is 6.07 Å². The SMILES string of the molecule is CCNC(=NCc1ccccc1Cl)NCCNS(=O)(=O)c1cccc([N+](=O)[O-])c1.I. The molecule has 3 N–H and O–H groups in total. The van der Waals surface area contributed by atoms with Crippen molar-refractivity contribution < 1.29 is 13.3 Å². The summed E-state index contributed by atoms with van der Waals surface area (Å²) in [6, 6.07) is 12.3. The number of nitro benzene ring substituents is 1. The summed E-state index contributed by atoms with van der Waals surface area (Å²) in [5, 5.41) is 17.5. The van der Waals surface area contributed by atoms with Crippen LogP contribution in [0.15, 0.2) is 58.4 Å². The lowest BCUT2D eigenvalue weighted by atomic mass is 10.2. The highest BCUT2D eigenvalue weighted by Crippen LogP contribution is 2.17. The van der Waals surface area contributed by atoms with Gasteiger partial charge in [-0.1, -0.05) is 35.9 Å². The second-order valence-corrected chi connectivity index (χ2v) is 8.04. The van der Waals surface area contributed by atoms with Crippen LogP contribution < -0.4 is 15.4 Å². The molecule has 0 fully saturated rings. The maximum absolute atomic E-state index is 12.3. The molecule has 9 nitrogen and oxygen atoms in total. The zero-order valence-corrected chi connectivity index (χ0v) is 20.1. The van der Waals surface area contributed by atoms with Crippen LogP contribution in [0.1, 0.15) is 12.5 Å². The third-order valence-corrected chi connectivity index (χ3v) is 5.59. The Labute approximate surface area is 197 Å². The van der Waals surface area contributed by atoms with Crippen LogP contribution in [0.4, 0.5) is 5.69 Å². The Hall–Kier alpha value is -1.96. The van der Waals surface area contributed by atoms with Gasteiger partial charge in [0.05, 0.1) is 16.4 Å². The first kappa shape index (κ1) is 26.1. The number of guanidine groups is 1. The molecular weight excluding hydrogens is 545 g/mol. The van der Waals surface area contributed by atoms with E-state index < -0.39 is 14.9 Å². The Morgan fingerprint density at radius 1 is 1.13 bits per heavy atom. The van der Waals surface area contributed by atoms with E-state index >= 15 is 0 Å². The van der Waals surface area contributed by atoms with Crippen LogP contribution in [0.2, 0.25) is 5.02 Å². The number of halogens is 2. The zero-order valence-electron chi connectivity index (χ0n) is 16.2. The zero-order chi connectivity index (χ0) is 21.3. The Kier molecular flexibility index (Phi) is 11.0. The number of nitro groups is 1. The Bertz CT molecular complexity index is 988. The van der Waals surface area contributed by atoms with Crippen molar-refractivity contribution in [1.29, 1.82) is 0 Å². The number of hydrogen-bond donors (Lipinski definition) is 3. The van der Waals surface area contributed by atoms with Crippen LogP contribution in [-0.2, 0) is 16.6 Å². The largest absolute Gasteiger partial charge is 0.357 e. The quantitative estimate of drug-likeness (QED) is 0.107. The smallest absolute Gasteiger partial charge is 0.270 e. The van der Waals surface area contributed by atoms with Crippen LogP contribution >= 0.6 is 35.6 Å². The first-order valence-electron chi connectivity index (χ1n) is 8.83. The molecule has 12 heteroatoms. The van der Waals surface area contributed by atoms with Gasteiger partial charge in [0.25, 0.3) is 5.69 Å². The number of aliphatic imine (C=N–C) groups is 1. The first-order chi connectivity index (χ1) is 13.8. The minimum Gasteiger partial charge on any atom is -0.357 e. The summed E-state index contributed by atoms with van der Waals surface area (Å²) in [5.41, 5.74) is 0.588. The molecule has 0 saturated heterocycles. The van der Waals surface area contributed by atoms with Gasteiger partial charge in [-0.05, 0) is 24.6 Å². The summed E-state index contributed by atoms with van der Waals surface area (Å²) in [6.07, 6.45) is 0. The third-order valence-electron chi connectivity index (χ3n) is 3.76. The minimum absolute atomic E-state index is 0. The van der Waals surface area contributed by atoms with Crippen molar-refractivity contribution >= 4 is 57.2 Å². The molecule has 0 bridgehead atoms. The predicted octanol–water partition coefficient (Wildman–Crippen LogP) is 2.90. The van der Waals surface area contributed by atoms with E-state index in [1.165, 1.54) is 18.2 Å². The number of hydrogen-bond acceptors (Lipinski definition) is 5.